The van der Waals surface area contributed by atoms with Gasteiger partial charge in [0.15, 0.2) is 6.29 Å². The fourth-order valence-electron chi connectivity index (χ4n) is 0.414. The van der Waals surface area contributed by atoms with Crippen LogP contribution >= 0.6 is 0 Å². The van der Waals surface area contributed by atoms with Gasteiger partial charge in [-0.15, -0.1) is 0 Å². The summed E-state index contributed by atoms with van der Waals surface area (Å²) >= 11 is 0. The second-order valence-corrected chi connectivity index (χ2v) is 1.83. The lowest BCUT2D eigenvalue weighted by atomic mass is 10.6. The molecule has 2 atom stereocenters. The average molecular weight is 117 g/mol. The number of rotatable bonds is 3. The summed E-state index contributed by atoms with van der Waals surface area (Å²) in [7, 11) is 1.85. The molecule has 1 aliphatic heterocycles. The van der Waals surface area contributed by atoms with E-state index in [0.29, 0.717) is 0 Å². The van der Waals surface area contributed by atoms with Crippen molar-refractivity contribution in [2.24, 2.45) is 0 Å². The van der Waals surface area contributed by atoms with Gasteiger partial charge in [0.1, 0.15) is 12.8 Å². The van der Waals surface area contributed by atoms with Gasteiger partial charge in [-0.05, 0) is 14.0 Å². The Morgan fingerprint density at radius 1 is 1.88 bits per heavy atom. The summed E-state index contributed by atoms with van der Waals surface area (Å²) in [4.78, 5) is 0. The molecule has 1 saturated heterocycles. The van der Waals surface area contributed by atoms with E-state index in [9.17, 15) is 0 Å². The van der Waals surface area contributed by atoms with E-state index in [1.165, 1.54) is 0 Å². The summed E-state index contributed by atoms with van der Waals surface area (Å²) in [6.45, 7) is 2.70. The SMILES string of the molecule is CN[C@H](C)O[C@H]1CO1. The minimum atomic E-state index is 0.0671. The predicted molar refractivity (Wildman–Crippen MR) is 29.3 cm³/mol. The van der Waals surface area contributed by atoms with Gasteiger partial charge in [0.2, 0.25) is 0 Å². The Labute approximate surface area is 49.0 Å². The van der Waals surface area contributed by atoms with Crippen molar-refractivity contribution in [3.05, 3.63) is 0 Å². The van der Waals surface area contributed by atoms with Gasteiger partial charge < -0.3 is 9.47 Å². The fraction of sp³-hybridized carbons (Fsp3) is 1.00. The molecular weight excluding hydrogens is 106 g/mol. The molecule has 1 heterocycles. The van der Waals surface area contributed by atoms with Crippen LogP contribution in [0.25, 0.3) is 0 Å². The third-order valence-corrected chi connectivity index (χ3v) is 1.07. The zero-order valence-corrected chi connectivity index (χ0v) is 5.18. The molecule has 0 aromatic carbocycles. The highest BCUT2D eigenvalue weighted by atomic mass is 16.8. The Kier molecular flexibility index (Phi) is 1.83. The molecule has 8 heavy (non-hydrogen) atoms. The number of epoxide rings is 1. The third kappa shape index (κ3) is 1.78. The standard InChI is InChI=1S/C5H11NO2/c1-4(6-2)8-5-3-7-5/h4-6H,3H2,1-2H3/t4-,5-/m0/s1. The molecule has 48 valence electrons. The van der Waals surface area contributed by atoms with Crippen LogP contribution in [0, 0.1) is 0 Å². The van der Waals surface area contributed by atoms with Gasteiger partial charge >= 0.3 is 0 Å². The normalized spacial score (nSPS) is 30.0. The maximum absolute atomic E-state index is 5.18. The Hall–Kier alpha value is -0.120. The van der Waals surface area contributed by atoms with Crippen LogP contribution in [0.1, 0.15) is 6.92 Å². The molecule has 1 N–H and O–H groups in total. The number of hydrogen-bond donors (Lipinski definition) is 1. The van der Waals surface area contributed by atoms with Crippen molar-refractivity contribution < 1.29 is 9.47 Å². The van der Waals surface area contributed by atoms with E-state index in [1.807, 2.05) is 14.0 Å². The molecule has 0 spiro atoms. The highest BCUT2D eigenvalue weighted by molar-refractivity contribution is 4.56. The molecule has 1 fully saturated rings. The smallest absolute Gasteiger partial charge is 0.183 e. The van der Waals surface area contributed by atoms with Crippen LogP contribution in [-0.4, -0.2) is 26.2 Å². The highest BCUT2D eigenvalue weighted by Gasteiger charge is 2.24. The molecule has 0 bridgehead atoms. The van der Waals surface area contributed by atoms with E-state index in [1.54, 1.807) is 0 Å². The molecule has 0 radical (unpaired) electrons. The van der Waals surface area contributed by atoms with Gasteiger partial charge in [-0.3, -0.25) is 5.32 Å². The number of hydrogen-bond acceptors (Lipinski definition) is 3. The number of nitrogens with one attached hydrogen (secondary N) is 1. The largest absolute Gasteiger partial charge is 0.345 e. The summed E-state index contributed by atoms with van der Waals surface area (Å²) in [6.07, 6.45) is 0.181. The lowest BCUT2D eigenvalue weighted by Crippen LogP contribution is -2.25. The second-order valence-electron chi connectivity index (χ2n) is 1.83. The van der Waals surface area contributed by atoms with Crippen LogP contribution in [0.15, 0.2) is 0 Å². The van der Waals surface area contributed by atoms with Crippen LogP contribution in [0.5, 0.6) is 0 Å². The van der Waals surface area contributed by atoms with Crippen molar-refractivity contribution in [1.29, 1.82) is 0 Å². The van der Waals surface area contributed by atoms with E-state index in [0.717, 1.165) is 6.61 Å². The zero-order chi connectivity index (χ0) is 5.98. The molecule has 0 unspecified atom stereocenters. The van der Waals surface area contributed by atoms with E-state index in [-0.39, 0.29) is 12.5 Å². The van der Waals surface area contributed by atoms with E-state index in [4.69, 9.17) is 9.47 Å². The lowest BCUT2D eigenvalue weighted by molar-refractivity contribution is -0.0144. The molecule has 0 saturated carbocycles. The average Bonchev–Trinajstić information content (AvgIpc) is 2.50. The molecule has 0 aromatic heterocycles. The van der Waals surface area contributed by atoms with Gasteiger partial charge in [-0.25, -0.2) is 0 Å². The van der Waals surface area contributed by atoms with Crippen LogP contribution in [0.4, 0.5) is 0 Å². The van der Waals surface area contributed by atoms with Crippen LogP contribution < -0.4 is 5.32 Å². The molecule has 3 nitrogen and oxygen atoms in total. The van der Waals surface area contributed by atoms with Gasteiger partial charge in [0.05, 0.1) is 0 Å². The summed E-state index contributed by atoms with van der Waals surface area (Å²) in [5.74, 6) is 0. The molecule has 3 heteroatoms. The maximum atomic E-state index is 5.18. The molecule has 0 amide bonds. The summed E-state index contributed by atoms with van der Waals surface area (Å²) in [5, 5.41) is 2.93. The first-order valence-corrected chi connectivity index (χ1v) is 2.77. The van der Waals surface area contributed by atoms with Gasteiger partial charge in [-0.2, -0.15) is 0 Å². The van der Waals surface area contributed by atoms with Crippen molar-refractivity contribution in [1.82, 2.24) is 5.32 Å². The van der Waals surface area contributed by atoms with E-state index in [2.05, 4.69) is 5.32 Å². The quantitative estimate of drug-likeness (QED) is 0.415. The first-order valence-electron chi connectivity index (χ1n) is 2.77. The first kappa shape index (κ1) is 6.01. The van der Waals surface area contributed by atoms with E-state index >= 15 is 0 Å². The predicted octanol–water partition coefficient (Wildman–Crippen LogP) is -0.0753. The number of ether oxygens (including phenoxy) is 2. The maximum Gasteiger partial charge on any atom is 0.183 e. The van der Waals surface area contributed by atoms with E-state index < -0.39 is 0 Å². The van der Waals surface area contributed by atoms with Crippen molar-refractivity contribution in [2.45, 2.75) is 19.4 Å². The minimum absolute atomic E-state index is 0.0671. The Morgan fingerprint density at radius 3 is 2.88 bits per heavy atom. The van der Waals surface area contributed by atoms with Crippen molar-refractivity contribution >= 4 is 0 Å². The summed E-state index contributed by atoms with van der Waals surface area (Å²) < 4.78 is 10.00. The molecular formula is C5H11NO2. The van der Waals surface area contributed by atoms with Crippen LogP contribution in [0.2, 0.25) is 0 Å². The van der Waals surface area contributed by atoms with Crippen LogP contribution in [0.3, 0.4) is 0 Å². The van der Waals surface area contributed by atoms with Crippen molar-refractivity contribution in [3.8, 4) is 0 Å². The minimum Gasteiger partial charge on any atom is -0.345 e. The molecule has 1 rings (SSSR count). The topological polar surface area (TPSA) is 33.8 Å². The molecule has 1 aliphatic rings. The zero-order valence-electron chi connectivity index (χ0n) is 5.18. The highest BCUT2D eigenvalue weighted by Crippen LogP contribution is 2.11. The third-order valence-electron chi connectivity index (χ3n) is 1.07. The van der Waals surface area contributed by atoms with Crippen LogP contribution in [-0.2, 0) is 9.47 Å². The lowest BCUT2D eigenvalue weighted by Gasteiger charge is -2.07. The first-order chi connectivity index (χ1) is 3.83. The summed E-state index contributed by atoms with van der Waals surface area (Å²) in [5.41, 5.74) is 0. The molecule has 0 aliphatic carbocycles. The van der Waals surface area contributed by atoms with Gasteiger partial charge in [-0.1, -0.05) is 0 Å². The Balaban J connectivity index is 1.98. The van der Waals surface area contributed by atoms with Gasteiger partial charge in [0.25, 0.3) is 0 Å². The van der Waals surface area contributed by atoms with Gasteiger partial charge in [0, 0.05) is 0 Å². The summed E-state index contributed by atoms with van der Waals surface area (Å²) in [6, 6.07) is 0. The second kappa shape index (κ2) is 2.44. The Bertz CT molecular complexity index is 72.8. The van der Waals surface area contributed by atoms with Crippen molar-refractivity contribution in [3.63, 3.8) is 0 Å². The fourth-order valence-corrected chi connectivity index (χ4v) is 0.414. The molecule has 0 aromatic rings. The van der Waals surface area contributed by atoms with Crippen molar-refractivity contribution in [2.75, 3.05) is 13.7 Å². The Morgan fingerprint density at radius 2 is 2.50 bits per heavy atom. The monoisotopic (exact) mass is 117 g/mol.